The van der Waals surface area contributed by atoms with Crippen LogP contribution in [0.15, 0.2) is 48.8 Å². The number of pyridine rings is 1. The Morgan fingerprint density at radius 2 is 2.05 bits per heavy atom. The van der Waals surface area contributed by atoms with Crippen molar-refractivity contribution in [3.8, 4) is 11.1 Å². The fraction of sp³-hybridized carbons (Fsp3) is 0.333. The third-order valence-electron chi connectivity index (χ3n) is 4.40. The van der Waals surface area contributed by atoms with Crippen LogP contribution in [0.2, 0.25) is 0 Å². The standard InChI is InChI=1S/C18H20N2O2/c1-22-17(21)18(8-11-20-13-18)12-15-4-2-3-5-16(15)14-6-9-19-10-7-14/h2-7,9-10,20H,8,11-13H2,1H3. The third kappa shape index (κ3) is 2.74. The summed E-state index contributed by atoms with van der Waals surface area (Å²) in [5, 5.41) is 3.30. The van der Waals surface area contributed by atoms with Crippen LogP contribution in [-0.2, 0) is 16.0 Å². The first-order valence-electron chi connectivity index (χ1n) is 7.53. The van der Waals surface area contributed by atoms with Crippen molar-refractivity contribution in [3.63, 3.8) is 0 Å². The summed E-state index contributed by atoms with van der Waals surface area (Å²) in [6, 6.07) is 12.2. The Hall–Kier alpha value is -2.20. The number of nitrogens with one attached hydrogen (secondary N) is 1. The fourth-order valence-corrected chi connectivity index (χ4v) is 3.21. The van der Waals surface area contributed by atoms with Crippen molar-refractivity contribution in [2.45, 2.75) is 12.8 Å². The number of rotatable bonds is 4. The molecule has 0 spiro atoms. The molecule has 1 N–H and O–H groups in total. The van der Waals surface area contributed by atoms with Crippen LogP contribution in [0.3, 0.4) is 0 Å². The summed E-state index contributed by atoms with van der Waals surface area (Å²) in [7, 11) is 1.47. The van der Waals surface area contributed by atoms with Crippen LogP contribution in [0.25, 0.3) is 11.1 Å². The predicted octanol–water partition coefficient (Wildman–Crippen LogP) is 2.44. The number of carbonyl (C=O) groups excluding carboxylic acids is 1. The van der Waals surface area contributed by atoms with Gasteiger partial charge in [0, 0.05) is 18.9 Å². The van der Waals surface area contributed by atoms with Gasteiger partial charge in [-0.2, -0.15) is 0 Å². The lowest BCUT2D eigenvalue weighted by Crippen LogP contribution is -2.36. The smallest absolute Gasteiger partial charge is 0.313 e. The Morgan fingerprint density at radius 1 is 1.27 bits per heavy atom. The van der Waals surface area contributed by atoms with Crippen molar-refractivity contribution < 1.29 is 9.53 Å². The molecular formula is C18H20N2O2. The Morgan fingerprint density at radius 3 is 2.73 bits per heavy atom. The van der Waals surface area contributed by atoms with E-state index < -0.39 is 5.41 Å². The molecule has 0 radical (unpaired) electrons. The Labute approximate surface area is 130 Å². The van der Waals surface area contributed by atoms with Gasteiger partial charge in [-0.05, 0) is 48.2 Å². The molecule has 1 unspecified atom stereocenters. The van der Waals surface area contributed by atoms with Crippen molar-refractivity contribution in [3.05, 3.63) is 54.4 Å². The second-order valence-corrected chi connectivity index (χ2v) is 5.77. The molecule has 3 rings (SSSR count). The van der Waals surface area contributed by atoms with Gasteiger partial charge in [0.2, 0.25) is 0 Å². The number of hydrogen-bond donors (Lipinski definition) is 1. The lowest BCUT2D eigenvalue weighted by molar-refractivity contribution is -0.151. The molecule has 4 nitrogen and oxygen atoms in total. The van der Waals surface area contributed by atoms with Crippen molar-refractivity contribution in [2.24, 2.45) is 5.41 Å². The minimum atomic E-state index is -0.460. The van der Waals surface area contributed by atoms with Gasteiger partial charge in [0.05, 0.1) is 12.5 Å². The zero-order valence-corrected chi connectivity index (χ0v) is 12.7. The monoisotopic (exact) mass is 296 g/mol. The van der Waals surface area contributed by atoms with Crippen LogP contribution in [0, 0.1) is 5.41 Å². The molecule has 4 heteroatoms. The molecule has 2 heterocycles. The molecule has 1 fully saturated rings. The van der Waals surface area contributed by atoms with Crippen LogP contribution in [0.5, 0.6) is 0 Å². The minimum absolute atomic E-state index is 0.123. The van der Waals surface area contributed by atoms with E-state index in [0.29, 0.717) is 13.0 Å². The molecule has 0 amide bonds. The molecule has 1 atom stereocenters. The van der Waals surface area contributed by atoms with Gasteiger partial charge in [0.15, 0.2) is 0 Å². The molecular weight excluding hydrogens is 276 g/mol. The maximum Gasteiger partial charge on any atom is 0.313 e. The molecule has 0 aliphatic carbocycles. The van der Waals surface area contributed by atoms with Gasteiger partial charge >= 0.3 is 5.97 Å². The fourth-order valence-electron chi connectivity index (χ4n) is 3.21. The average Bonchev–Trinajstić information content (AvgIpc) is 3.05. The van der Waals surface area contributed by atoms with Crippen molar-refractivity contribution >= 4 is 5.97 Å². The molecule has 22 heavy (non-hydrogen) atoms. The van der Waals surface area contributed by atoms with Gasteiger partial charge in [-0.15, -0.1) is 0 Å². The molecule has 114 valence electrons. The quantitative estimate of drug-likeness (QED) is 0.881. The first-order chi connectivity index (χ1) is 10.7. The van der Waals surface area contributed by atoms with Gasteiger partial charge in [0.1, 0.15) is 0 Å². The summed E-state index contributed by atoms with van der Waals surface area (Å²) < 4.78 is 5.07. The number of esters is 1. The number of methoxy groups -OCH3 is 1. The van der Waals surface area contributed by atoms with E-state index in [-0.39, 0.29) is 5.97 Å². The Balaban J connectivity index is 1.97. The van der Waals surface area contributed by atoms with E-state index in [1.165, 1.54) is 12.7 Å². The van der Waals surface area contributed by atoms with Gasteiger partial charge in [0.25, 0.3) is 0 Å². The summed E-state index contributed by atoms with van der Waals surface area (Å²) in [5.41, 5.74) is 2.98. The zero-order valence-electron chi connectivity index (χ0n) is 12.7. The molecule has 1 aliphatic heterocycles. The largest absolute Gasteiger partial charge is 0.469 e. The lowest BCUT2D eigenvalue weighted by atomic mass is 9.79. The summed E-state index contributed by atoms with van der Waals surface area (Å²) in [4.78, 5) is 16.4. The summed E-state index contributed by atoms with van der Waals surface area (Å²) in [5.74, 6) is -0.123. The van der Waals surface area contributed by atoms with Gasteiger partial charge in [-0.1, -0.05) is 24.3 Å². The number of hydrogen-bond acceptors (Lipinski definition) is 4. The molecule has 1 aromatic carbocycles. The molecule has 1 aromatic heterocycles. The third-order valence-corrected chi connectivity index (χ3v) is 4.40. The van der Waals surface area contributed by atoms with Gasteiger partial charge in [-0.3, -0.25) is 9.78 Å². The highest BCUT2D eigenvalue weighted by atomic mass is 16.5. The van der Waals surface area contributed by atoms with E-state index in [1.807, 2.05) is 24.3 Å². The van der Waals surface area contributed by atoms with Crippen molar-refractivity contribution in [1.29, 1.82) is 0 Å². The topological polar surface area (TPSA) is 51.2 Å². The predicted molar refractivity (Wildman–Crippen MR) is 85.3 cm³/mol. The first kappa shape index (κ1) is 14.7. The summed E-state index contributed by atoms with van der Waals surface area (Å²) in [6.07, 6.45) is 5.08. The highest BCUT2D eigenvalue weighted by Gasteiger charge is 2.42. The highest BCUT2D eigenvalue weighted by molar-refractivity contribution is 5.79. The first-order valence-corrected chi connectivity index (χ1v) is 7.53. The second-order valence-electron chi connectivity index (χ2n) is 5.77. The number of benzene rings is 1. The number of aromatic nitrogens is 1. The Bertz CT molecular complexity index is 649. The molecule has 1 saturated heterocycles. The van der Waals surface area contributed by atoms with E-state index in [1.54, 1.807) is 12.4 Å². The molecule has 0 bridgehead atoms. The minimum Gasteiger partial charge on any atom is -0.469 e. The van der Waals surface area contributed by atoms with Crippen LogP contribution in [0.4, 0.5) is 0 Å². The van der Waals surface area contributed by atoms with Crippen molar-refractivity contribution in [1.82, 2.24) is 10.3 Å². The van der Waals surface area contributed by atoms with E-state index in [2.05, 4.69) is 22.4 Å². The summed E-state index contributed by atoms with van der Waals surface area (Å²) in [6.45, 7) is 1.52. The van der Waals surface area contributed by atoms with Gasteiger partial charge in [-0.25, -0.2) is 0 Å². The maximum absolute atomic E-state index is 12.3. The number of ether oxygens (including phenoxy) is 1. The van der Waals surface area contributed by atoms with E-state index in [4.69, 9.17) is 4.74 Å². The zero-order chi connectivity index (χ0) is 15.4. The molecule has 2 aromatic rings. The number of carbonyl (C=O) groups is 1. The highest BCUT2D eigenvalue weighted by Crippen LogP contribution is 2.35. The Kier molecular flexibility index (Phi) is 4.20. The molecule has 0 saturated carbocycles. The van der Waals surface area contributed by atoms with Crippen LogP contribution < -0.4 is 5.32 Å². The molecule has 1 aliphatic rings. The SMILES string of the molecule is COC(=O)C1(Cc2ccccc2-c2ccncc2)CCNC1. The normalized spacial score (nSPS) is 20.8. The maximum atomic E-state index is 12.3. The summed E-state index contributed by atoms with van der Waals surface area (Å²) >= 11 is 0. The van der Waals surface area contributed by atoms with Crippen LogP contribution in [0.1, 0.15) is 12.0 Å². The van der Waals surface area contributed by atoms with E-state index in [0.717, 1.165) is 24.1 Å². The second kappa shape index (κ2) is 6.28. The van der Waals surface area contributed by atoms with Crippen LogP contribution >= 0.6 is 0 Å². The van der Waals surface area contributed by atoms with E-state index >= 15 is 0 Å². The number of nitrogens with zero attached hydrogens (tertiary/aromatic N) is 1. The lowest BCUT2D eigenvalue weighted by Gasteiger charge is -2.26. The van der Waals surface area contributed by atoms with Gasteiger partial charge < -0.3 is 10.1 Å². The van der Waals surface area contributed by atoms with Crippen molar-refractivity contribution in [2.75, 3.05) is 20.2 Å². The van der Waals surface area contributed by atoms with E-state index in [9.17, 15) is 4.79 Å². The van der Waals surface area contributed by atoms with Crippen LogP contribution in [-0.4, -0.2) is 31.2 Å². The average molecular weight is 296 g/mol.